The van der Waals surface area contributed by atoms with Gasteiger partial charge in [0.1, 0.15) is 5.92 Å². The molecule has 1 heterocycles. The van der Waals surface area contributed by atoms with Crippen molar-refractivity contribution in [2.45, 2.75) is 18.9 Å². The van der Waals surface area contributed by atoms with E-state index in [1.807, 2.05) is 30.3 Å². The van der Waals surface area contributed by atoms with Crippen LogP contribution in [0.2, 0.25) is 0 Å². The number of nitrogens with zero attached hydrogens (tertiary/aromatic N) is 1. The molecule has 0 saturated carbocycles. The Morgan fingerprint density at radius 2 is 1.91 bits per heavy atom. The molecule has 0 aliphatic heterocycles. The molecule has 0 bridgehead atoms. The third-order valence-corrected chi connectivity index (χ3v) is 3.43. The Bertz CT molecular complexity index is 599. The first kappa shape index (κ1) is 16.1. The van der Waals surface area contributed by atoms with Gasteiger partial charge in [-0.05, 0) is 29.7 Å². The number of ether oxygens (including phenoxy) is 1. The topological polar surface area (TPSA) is 85.4 Å². The highest BCUT2D eigenvalue weighted by Gasteiger charge is 2.24. The van der Waals surface area contributed by atoms with Crippen LogP contribution in [0.15, 0.2) is 48.8 Å². The van der Waals surface area contributed by atoms with Gasteiger partial charge in [-0.3, -0.25) is 9.78 Å². The van der Waals surface area contributed by atoms with Crippen molar-refractivity contribution in [3.63, 3.8) is 0 Å². The Morgan fingerprint density at radius 1 is 1.23 bits per heavy atom. The van der Waals surface area contributed by atoms with Crippen LogP contribution in [0.25, 0.3) is 0 Å². The summed E-state index contributed by atoms with van der Waals surface area (Å²) in [5.41, 5.74) is 8.19. The summed E-state index contributed by atoms with van der Waals surface area (Å²) < 4.78 is 5.18. The van der Waals surface area contributed by atoms with E-state index in [-0.39, 0.29) is 12.6 Å². The smallest absolute Gasteiger partial charge is 0.317 e. The Morgan fingerprint density at radius 3 is 2.45 bits per heavy atom. The third-order valence-electron chi connectivity index (χ3n) is 3.43. The number of hydrogen-bond acceptors (Lipinski definition) is 5. The van der Waals surface area contributed by atoms with Crippen molar-refractivity contribution in [2.75, 3.05) is 13.2 Å². The number of hydrogen-bond donors (Lipinski definition) is 2. The summed E-state index contributed by atoms with van der Waals surface area (Å²) in [5, 5.41) is 9.10. The highest BCUT2D eigenvalue weighted by Crippen LogP contribution is 2.26. The van der Waals surface area contributed by atoms with Crippen molar-refractivity contribution in [1.82, 2.24) is 4.98 Å². The van der Waals surface area contributed by atoms with Crippen molar-refractivity contribution in [1.29, 1.82) is 0 Å². The molecule has 1 unspecified atom stereocenters. The summed E-state index contributed by atoms with van der Waals surface area (Å²) in [4.78, 5) is 16.4. The third kappa shape index (κ3) is 3.69. The zero-order valence-electron chi connectivity index (χ0n) is 12.5. The second-order valence-corrected chi connectivity index (χ2v) is 4.93. The fourth-order valence-corrected chi connectivity index (χ4v) is 2.28. The number of aliphatic hydroxyl groups excluding tert-OH is 1. The van der Waals surface area contributed by atoms with E-state index >= 15 is 0 Å². The summed E-state index contributed by atoms with van der Waals surface area (Å²) in [6.07, 6.45) is 3.32. The van der Waals surface area contributed by atoms with E-state index in [0.717, 1.165) is 16.7 Å². The van der Waals surface area contributed by atoms with Crippen LogP contribution in [0, 0.1) is 0 Å². The molecule has 0 spiro atoms. The van der Waals surface area contributed by atoms with Gasteiger partial charge in [0.2, 0.25) is 0 Å². The largest absolute Gasteiger partial charge is 0.465 e. The molecule has 2 rings (SSSR count). The summed E-state index contributed by atoms with van der Waals surface area (Å²) in [7, 11) is 0. The van der Waals surface area contributed by atoms with Crippen LogP contribution in [0.3, 0.4) is 0 Å². The average molecular weight is 300 g/mol. The van der Waals surface area contributed by atoms with E-state index in [1.54, 1.807) is 25.4 Å². The number of carbonyl (C=O) groups excluding carboxylic acids is 1. The highest BCUT2D eigenvalue weighted by atomic mass is 16.5. The second kappa shape index (κ2) is 7.68. The number of aliphatic hydroxyl groups is 1. The molecule has 2 atom stereocenters. The van der Waals surface area contributed by atoms with Gasteiger partial charge in [-0.2, -0.15) is 0 Å². The van der Waals surface area contributed by atoms with Gasteiger partial charge in [-0.25, -0.2) is 0 Å². The first-order valence-electron chi connectivity index (χ1n) is 7.20. The molecule has 22 heavy (non-hydrogen) atoms. The van der Waals surface area contributed by atoms with Crippen LogP contribution in [0.5, 0.6) is 0 Å². The monoisotopic (exact) mass is 300 g/mol. The molecular weight excluding hydrogens is 280 g/mol. The molecule has 0 aliphatic rings. The van der Waals surface area contributed by atoms with E-state index in [4.69, 9.17) is 15.6 Å². The highest BCUT2D eigenvalue weighted by molar-refractivity contribution is 5.82. The quantitative estimate of drug-likeness (QED) is 0.794. The van der Waals surface area contributed by atoms with Crippen LogP contribution >= 0.6 is 0 Å². The van der Waals surface area contributed by atoms with Gasteiger partial charge >= 0.3 is 5.97 Å². The SMILES string of the molecule is CCOC(=O)C(c1ccc([C@H](N)CO)cc1)c1cccnc1. The van der Waals surface area contributed by atoms with E-state index in [9.17, 15) is 4.79 Å². The maximum atomic E-state index is 12.3. The summed E-state index contributed by atoms with van der Waals surface area (Å²) in [6, 6.07) is 10.5. The molecule has 0 aliphatic carbocycles. The van der Waals surface area contributed by atoms with Gasteiger partial charge in [-0.15, -0.1) is 0 Å². The van der Waals surface area contributed by atoms with Crippen molar-refractivity contribution in [2.24, 2.45) is 5.73 Å². The Labute approximate surface area is 129 Å². The minimum absolute atomic E-state index is 0.122. The van der Waals surface area contributed by atoms with Gasteiger partial charge in [0.15, 0.2) is 0 Å². The zero-order chi connectivity index (χ0) is 15.9. The van der Waals surface area contributed by atoms with Crippen molar-refractivity contribution in [3.05, 3.63) is 65.5 Å². The van der Waals surface area contributed by atoms with Crippen LogP contribution in [0.1, 0.15) is 35.6 Å². The van der Waals surface area contributed by atoms with Gasteiger partial charge in [-0.1, -0.05) is 30.3 Å². The van der Waals surface area contributed by atoms with Crippen molar-refractivity contribution < 1.29 is 14.6 Å². The molecular formula is C17H20N2O3. The molecule has 0 fully saturated rings. The predicted molar refractivity (Wildman–Crippen MR) is 83.2 cm³/mol. The number of nitrogens with two attached hydrogens (primary N) is 1. The fourth-order valence-electron chi connectivity index (χ4n) is 2.28. The maximum Gasteiger partial charge on any atom is 0.317 e. The molecule has 0 radical (unpaired) electrons. The number of carbonyl (C=O) groups is 1. The molecule has 0 saturated heterocycles. The van der Waals surface area contributed by atoms with Crippen molar-refractivity contribution >= 4 is 5.97 Å². The van der Waals surface area contributed by atoms with Crippen molar-refractivity contribution in [3.8, 4) is 0 Å². The lowest BCUT2D eigenvalue weighted by molar-refractivity contribution is -0.143. The normalized spacial score (nSPS) is 13.4. The van der Waals surface area contributed by atoms with Crippen LogP contribution in [-0.2, 0) is 9.53 Å². The minimum Gasteiger partial charge on any atom is -0.465 e. The maximum absolute atomic E-state index is 12.3. The predicted octanol–water partition coefficient (Wildman–Crippen LogP) is 1.77. The van der Waals surface area contributed by atoms with Crippen LogP contribution in [-0.4, -0.2) is 29.3 Å². The molecule has 5 nitrogen and oxygen atoms in total. The first-order valence-corrected chi connectivity index (χ1v) is 7.20. The lowest BCUT2D eigenvalue weighted by Crippen LogP contribution is -2.18. The molecule has 1 aromatic carbocycles. The Balaban J connectivity index is 2.35. The molecule has 3 N–H and O–H groups in total. The van der Waals surface area contributed by atoms with Gasteiger partial charge in [0.05, 0.1) is 19.3 Å². The van der Waals surface area contributed by atoms with E-state index < -0.39 is 12.0 Å². The van der Waals surface area contributed by atoms with Gasteiger partial charge < -0.3 is 15.6 Å². The molecule has 116 valence electrons. The average Bonchev–Trinajstić information content (AvgIpc) is 2.56. The Kier molecular flexibility index (Phi) is 5.63. The van der Waals surface area contributed by atoms with E-state index in [1.165, 1.54) is 0 Å². The molecule has 5 heteroatoms. The first-order chi connectivity index (χ1) is 10.7. The van der Waals surface area contributed by atoms with E-state index in [0.29, 0.717) is 6.61 Å². The van der Waals surface area contributed by atoms with Crippen LogP contribution < -0.4 is 5.73 Å². The number of rotatable bonds is 6. The second-order valence-electron chi connectivity index (χ2n) is 4.93. The van der Waals surface area contributed by atoms with E-state index in [2.05, 4.69) is 4.98 Å². The fraction of sp³-hybridized carbons (Fsp3) is 0.294. The summed E-state index contributed by atoms with van der Waals surface area (Å²) >= 11 is 0. The molecule has 1 aromatic heterocycles. The zero-order valence-corrected chi connectivity index (χ0v) is 12.5. The molecule has 0 amide bonds. The van der Waals surface area contributed by atoms with Crippen LogP contribution in [0.4, 0.5) is 0 Å². The molecule has 2 aromatic rings. The minimum atomic E-state index is -0.520. The number of benzene rings is 1. The lowest BCUT2D eigenvalue weighted by Gasteiger charge is -2.17. The van der Waals surface area contributed by atoms with Gasteiger partial charge in [0, 0.05) is 12.4 Å². The standard InChI is InChI=1S/C17H20N2O3/c1-2-22-17(21)16(14-4-3-9-19-10-14)13-7-5-12(6-8-13)15(18)11-20/h3-10,15-16,20H,2,11,18H2,1H3/t15-,16?/m1/s1. The lowest BCUT2D eigenvalue weighted by atomic mass is 9.91. The van der Waals surface area contributed by atoms with Gasteiger partial charge in [0.25, 0.3) is 0 Å². The summed E-state index contributed by atoms with van der Waals surface area (Å²) in [6.45, 7) is 1.98. The summed E-state index contributed by atoms with van der Waals surface area (Å²) in [5.74, 6) is -0.831. The number of pyridine rings is 1. The Hall–Kier alpha value is -2.24. The number of esters is 1. The number of aromatic nitrogens is 1.